The summed E-state index contributed by atoms with van der Waals surface area (Å²) in [7, 11) is 0. The maximum atomic E-state index is 15.8. The zero-order chi connectivity index (χ0) is 84.1. The van der Waals surface area contributed by atoms with Crippen LogP contribution in [0.15, 0.2) is 24.3 Å². The molecule has 0 saturated carbocycles. The summed E-state index contributed by atoms with van der Waals surface area (Å²) in [6, 6.07) is -6.71. The van der Waals surface area contributed by atoms with Crippen molar-refractivity contribution in [3.63, 3.8) is 0 Å². The third-order valence-corrected chi connectivity index (χ3v) is 16.2. The Labute approximate surface area is 548 Å². The second-order valence-corrected chi connectivity index (χ2v) is 23.4. The first-order valence-electron chi connectivity index (χ1n) is 27.0. The maximum absolute atomic E-state index is 15.8. The van der Waals surface area contributed by atoms with Gasteiger partial charge in [-0.3, -0.25) is 0 Å². The fourth-order valence-electron chi connectivity index (χ4n) is 10.3. The van der Waals surface area contributed by atoms with Crippen LogP contribution in [0.4, 0.5) is 240 Å². The van der Waals surface area contributed by atoms with Crippen LogP contribution in [0.25, 0.3) is 0 Å². The van der Waals surface area contributed by atoms with E-state index in [9.17, 15) is 193 Å². The molecule has 2 aromatic rings. The van der Waals surface area contributed by atoms with Crippen molar-refractivity contribution in [3.05, 3.63) is 57.6 Å². The Hall–Kier alpha value is -5.60. The Morgan fingerprint density at radius 1 is 0.229 bits per heavy atom. The molecule has 1 aliphatic rings. The number of halogens is 52. The molecule has 2 nitrogen and oxygen atoms in total. The van der Waals surface area contributed by atoms with Gasteiger partial charge in [0.05, 0.1) is 18.8 Å². The molecule has 105 heavy (non-hydrogen) atoms. The first-order chi connectivity index (χ1) is 45.4. The summed E-state index contributed by atoms with van der Waals surface area (Å²) < 4.78 is 735. The molecule has 1 fully saturated rings. The van der Waals surface area contributed by atoms with Crippen molar-refractivity contribution in [2.24, 2.45) is 0 Å². The highest BCUT2D eigenvalue weighted by Crippen LogP contribution is 2.67. The maximum Gasteiger partial charge on any atom is 0.460 e. The Bertz CT molecular complexity index is 3130. The van der Waals surface area contributed by atoms with E-state index in [1.165, 1.54) is 0 Å². The molecule has 0 spiro atoms. The minimum absolute atomic E-state index is 0.0409. The molecule has 614 valence electrons. The van der Waals surface area contributed by atoms with E-state index in [0.29, 0.717) is 27.7 Å². The van der Waals surface area contributed by atoms with Gasteiger partial charge in [0, 0.05) is 37.1 Å². The molecule has 1 aliphatic heterocycles. The van der Waals surface area contributed by atoms with Crippen LogP contribution in [-0.2, 0) is 12.8 Å². The van der Waals surface area contributed by atoms with Gasteiger partial charge in [-0.15, -0.1) is 0 Å². The average Bonchev–Trinajstić information content (AvgIpc) is 1.19. The van der Waals surface area contributed by atoms with Gasteiger partial charge >= 0.3 is 143 Å². The van der Waals surface area contributed by atoms with Crippen LogP contribution in [-0.4, -0.2) is 162 Å². The molecule has 2 aromatic carbocycles. The van der Waals surface area contributed by atoms with Gasteiger partial charge in [0.1, 0.15) is 0 Å². The van der Waals surface area contributed by atoms with Gasteiger partial charge in [0.15, 0.2) is 0 Å². The van der Waals surface area contributed by atoms with Crippen LogP contribution in [0, 0.1) is 27.7 Å². The standard InChI is InChI=1S/C51H36F52N2/c1-18-13-22(5-9-28(52,53)32(60,61)36(68,69)40(76,77)44(84,85)48(92,93)94)14-19(2)26(18)104-17-105(27-20(3)15-23(16-21(27)4)6-10-29(54,55)33(62,63)37(70,71)41(78,79)45(86,87)49(95,96)97)25(8-12-31(58,59)35(66,67)39(74,75)43(82,83)47(90,91)51(101,102)103)24(104)7-11-30(56,57)34(64,65)38(72,73)42(80,81)46(88,89)50(98,99)100/h13-16,24-25H,5-12,17H2,1-4H3/t24-,25-/m1/s1. The van der Waals surface area contributed by atoms with E-state index in [1.54, 1.807) is 0 Å². The van der Waals surface area contributed by atoms with Gasteiger partial charge in [-0.1, -0.05) is 24.3 Å². The Balaban J connectivity index is 2.57. The van der Waals surface area contributed by atoms with Gasteiger partial charge in [0.25, 0.3) is 0 Å². The third-order valence-electron chi connectivity index (χ3n) is 16.2. The fourth-order valence-corrected chi connectivity index (χ4v) is 10.3. The van der Waals surface area contributed by atoms with Crippen molar-refractivity contribution in [2.45, 2.75) is 234 Å². The van der Waals surface area contributed by atoms with Gasteiger partial charge in [-0.2, -0.15) is 228 Å². The van der Waals surface area contributed by atoms with E-state index >= 15 is 35.1 Å². The number of alkyl halides is 52. The van der Waals surface area contributed by atoms with Gasteiger partial charge in [-0.25, -0.2) is 0 Å². The molecule has 1 heterocycles. The highest BCUT2D eigenvalue weighted by atomic mass is 19.5. The lowest BCUT2D eigenvalue weighted by Gasteiger charge is -2.41. The molecule has 0 N–H and O–H groups in total. The zero-order valence-electron chi connectivity index (χ0n) is 50.4. The minimum Gasteiger partial charge on any atom is -0.348 e. The summed E-state index contributed by atoms with van der Waals surface area (Å²) in [4.78, 5) is -0.304. The van der Waals surface area contributed by atoms with Crippen LogP contribution in [0.1, 0.15) is 71.9 Å². The average molecular weight is 1660 g/mol. The Morgan fingerprint density at radius 3 is 0.543 bits per heavy atom. The van der Waals surface area contributed by atoms with Crippen molar-refractivity contribution < 1.29 is 228 Å². The number of aryl methyl sites for hydroxylation is 6. The Morgan fingerprint density at radius 2 is 0.381 bits per heavy atom. The van der Waals surface area contributed by atoms with Crippen LogP contribution >= 0.6 is 0 Å². The Kier molecular flexibility index (Phi) is 23.7. The molecule has 0 aromatic heterocycles. The molecule has 0 radical (unpaired) electrons. The summed E-state index contributed by atoms with van der Waals surface area (Å²) in [5, 5.41) is 0. The quantitative estimate of drug-likeness (QED) is 0.0720. The summed E-state index contributed by atoms with van der Waals surface area (Å²) in [5.74, 6) is -165. The second-order valence-electron chi connectivity index (χ2n) is 23.4. The molecule has 54 heteroatoms. The fraction of sp³-hybridized carbons (Fsp3) is 0.765. The lowest BCUT2D eigenvalue weighted by Crippen LogP contribution is -2.70. The van der Waals surface area contributed by atoms with Crippen molar-refractivity contribution in [3.8, 4) is 0 Å². The van der Waals surface area contributed by atoms with E-state index < -0.39 is 258 Å². The highest BCUT2D eigenvalue weighted by molar-refractivity contribution is 5.68. The normalized spacial score (nSPS) is 18.1. The number of rotatable bonds is 30. The number of hydrogen-bond donors (Lipinski definition) is 0. The number of anilines is 2. The molecule has 0 aliphatic carbocycles. The number of benzene rings is 2. The molecule has 0 bridgehead atoms. The van der Waals surface area contributed by atoms with Crippen molar-refractivity contribution in [1.29, 1.82) is 0 Å². The molecule has 3 rings (SSSR count). The van der Waals surface area contributed by atoms with Crippen LogP contribution < -0.4 is 9.80 Å². The van der Waals surface area contributed by atoms with Gasteiger partial charge in [-0.05, 0) is 86.8 Å². The van der Waals surface area contributed by atoms with E-state index in [0.717, 1.165) is 0 Å². The SMILES string of the molecule is Cc1cc(CCC(F)(F)C(F)(F)C(F)(F)C(F)(F)C(F)(F)C(F)(F)F)cc(C)c1N1CN(c2c(C)cc(CCC(F)(F)C(F)(F)C(F)(F)C(F)(F)C(F)(F)C(F)(F)F)cc2C)[C@H](CCC(F)(F)C(F)(F)C(F)(F)C(F)(F)C(F)(F)C(F)(F)F)[C@H]1CCC(F)(F)C(F)(F)C(F)(F)C(F)(F)C(F)(F)C(F)(F)F. The molecule has 0 amide bonds. The van der Waals surface area contributed by atoms with E-state index in [2.05, 4.69) is 0 Å². The first kappa shape index (κ1) is 93.6. The van der Waals surface area contributed by atoms with Gasteiger partial charge in [0.2, 0.25) is 0 Å². The lowest BCUT2D eigenvalue weighted by atomic mass is 9.87. The predicted octanol–water partition coefficient (Wildman–Crippen LogP) is 23.3. The summed E-state index contributed by atoms with van der Waals surface area (Å²) in [6.45, 7) is -0.712. The second kappa shape index (κ2) is 26.6. The van der Waals surface area contributed by atoms with Crippen molar-refractivity contribution >= 4 is 11.4 Å². The lowest BCUT2D eigenvalue weighted by molar-refractivity contribution is -0.440. The van der Waals surface area contributed by atoms with E-state index in [4.69, 9.17) is 0 Å². The first-order valence-corrected chi connectivity index (χ1v) is 27.0. The van der Waals surface area contributed by atoms with Crippen molar-refractivity contribution in [1.82, 2.24) is 0 Å². The van der Waals surface area contributed by atoms with Gasteiger partial charge < -0.3 is 9.80 Å². The molecule has 1 saturated heterocycles. The van der Waals surface area contributed by atoms with E-state index in [1.807, 2.05) is 0 Å². The highest BCUT2D eigenvalue weighted by Gasteiger charge is 2.95. The summed E-state index contributed by atoms with van der Waals surface area (Å²) in [5.41, 5.74) is -9.97. The van der Waals surface area contributed by atoms with Crippen molar-refractivity contribution in [2.75, 3.05) is 16.5 Å². The number of hydrogen-bond acceptors (Lipinski definition) is 2. The third kappa shape index (κ3) is 14.1. The minimum atomic E-state index is -8.83. The van der Waals surface area contributed by atoms with Crippen LogP contribution in [0.5, 0.6) is 0 Å². The summed E-state index contributed by atoms with van der Waals surface area (Å²) >= 11 is 0. The molecule has 0 unspecified atom stereocenters. The van der Waals surface area contributed by atoms with E-state index in [-0.39, 0.29) is 34.1 Å². The smallest absolute Gasteiger partial charge is 0.348 e. The van der Waals surface area contributed by atoms with Crippen LogP contribution in [0.2, 0.25) is 0 Å². The number of nitrogens with zero attached hydrogens (tertiary/aromatic N) is 2. The topological polar surface area (TPSA) is 6.48 Å². The largest absolute Gasteiger partial charge is 0.460 e. The summed E-state index contributed by atoms with van der Waals surface area (Å²) in [6.07, 6.45) is -56.2. The molecular formula is C51H36F52N2. The predicted molar refractivity (Wildman–Crippen MR) is 248 cm³/mol. The monoisotopic (exact) mass is 1660 g/mol. The van der Waals surface area contributed by atoms with Crippen LogP contribution in [0.3, 0.4) is 0 Å². The zero-order valence-corrected chi connectivity index (χ0v) is 50.4. The molecular weight excluding hydrogens is 1630 g/mol. The molecule has 2 atom stereocenters.